The Balaban J connectivity index is 2.87. The smallest absolute Gasteiger partial charge is 0.322 e. The largest absolute Gasteiger partial charge is 0.462 e. The number of hydrogen-bond donors (Lipinski definition) is 0. The van der Waals surface area contributed by atoms with Gasteiger partial charge in [-0.25, -0.2) is 0 Å². The van der Waals surface area contributed by atoms with E-state index < -0.39 is 0 Å². The third kappa shape index (κ3) is 3.93. The highest BCUT2D eigenvalue weighted by molar-refractivity contribution is 5.69. The number of carbonyl (C=O) groups excluding carboxylic acids is 2. The van der Waals surface area contributed by atoms with E-state index in [0.29, 0.717) is 19.3 Å². The molecular weight excluding hydrogens is 246 g/mol. The Morgan fingerprint density at radius 2 is 1.63 bits per heavy atom. The van der Waals surface area contributed by atoms with Crippen LogP contribution >= 0.6 is 0 Å². The van der Waals surface area contributed by atoms with Crippen LogP contribution in [0, 0.1) is 0 Å². The Morgan fingerprint density at radius 1 is 1.16 bits per heavy atom. The van der Waals surface area contributed by atoms with Crippen LogP contribution in [0.3, 0.4) is 0 Å². The second kappa shape index (κ2) is 5.49. The van der Waals surface area contributed by atoms with E-state index in [0.717, 1.165) is 0 Å². The van der Waals surface area contributed by atoms with E-state index in [2.05, 4.69) is 0 Å². The minimum atomic E-state index is -0.369. The molecule has 0 saturated carbocycles. The quantitative estimate of drug-likeness (QED) is 0.738. The van der Waals surface area contributed by atoms with E-state index in [1.807, 2.05) is 27.7 Å². The summed E-state index contributed by atoms with van der Waals surface area (Å²) in [4.78, 5) is 28.0. The molecule has 1 aliphatic rings. The molecule has 0 spiro atoms. The van der Waals surface area contributed by atoms with Crippen molar-refractivity contribution in [2.75, 3.05) is 0 Å². The van der Waals surface area contributed by atoms with E-state index in [1.54, 1.807) is 12.0 Å². The van der Waals surface area contributed by atoms with Crippen molar-refractivity contribution in [1.82, 2.24) is 5.06 Å². The molecule has 1 heterocycles. The zero-order valence-electron chi connectivity index (χ0n) is 12.8. The number of hydroxylamine groups is 2. The zero-order chi connectivity index (χ0) is 14.8. The Hall–Kier alpha value is -1.10. The molecule has 110 valence electrons. The third-order valence-corrected chi connectivity index (χ3v) is 3.36. The van der Waals surface area contributed by atoms with E-state index in [4.69, 9.17) is 9.57 Å². The maximum atomic E-state index is 11.4. The SMILES string of the molecule is CCC(=O)OC1CC(C)(C)N(OC(C)=O)C(C)(C)C1. The lowest BCUT2D eigenvalue weighted by Crippen LogP contribution is -2.62. The molecule has 0 aromatic heterocycles. The average molecular weight is 271 g/mol. The standard InChI is InChI=1S/C14H25NO4/c1-7-12(17)18-11-8-13(3,4)15(19-10(2)16)14(5,6)9-11/h11H,7-9H2,1-6H3. The molecule has 5 nitrogen and oxygen atoms in total. The fourth-order valence-corrected chi connectivity index (χ4v) is 2.90. The van der Waals surface area contributed by atoms with Crippen LogP contribution in [0.25, 0.3) is 0 Å². The van der Waals surface area contributed by atoms with E-state index in [9.17, 15) is 9.59 Å². The van der Waals surface area contributed by atoms with Crippen LogP contribution in [0.15, 0.2) is 0 Å². The number of hydrogen-bond acceptors (Lipinski definition) is 5. The number of esters is 1. The van der Waals surface area contributed by atoms with Gasteiger partial charge in [0.1, 0.15) is 6.10 Å². The first-order valence-corrected chi connectivity index (χ1v) is 6.77. The number of rotatable bonds is 3. The highest BCUT2D eigenvalue weighted by atomic mass is 16.7. The van der Waals surface area contributed by atoms with Gasteiger partial charge in [0.05, 0.1) is 11.1 Å². The first kappa shape index (κ1) is 16.0. The summed E-state index contributed by atoms with van der Waals surface area (Å²) >= 11 is 0. The lowest BCUT2D eigenvalue weighted by molar-refractivity contribution is -0.276. The second-order valence-electron chi connectivity index (χ2n) is 6.38. The fourth-order valence-electron chi connectivity index (χ4n) is 2.90. The Bertz CT molecular complexity index is 344. The number of carbonyl (C=O) groups is 2. The first-order chi connectivity index (χ1) is 8.58. The Labute approximate surface area is 115 Å². The molecule has 1 fully saturated rings. The van der Waals surface area contributed by atoms with Crippen LogP contribution in [0.2, 0.25) is 0 Å². The molecule has 0 N–H and O–H groups in total. The monoisotopic (exact) mass is 271 g/mol. The highest BCUT2D eigenvalue weighted by Gasteiger charge is 2.49. The summed E-state index contributed by atoms with van der Waals surface area (Å²) in [6.07, 6.45) is 1.54. The summed E-state index contributed by atoms with van der Waals surface area (Å²) in [5.41, 5.74) is -0.738. The van der Waals surface area contributed by atoms with Gasteiger partial charge >= 0.3 is 11.9 Å². The summed E-state index contributed by atoms with van der Waals surface area (Å²) in [5, 5.41) is 1.73. The van der Waals surface area contributed by atoms with Crippen LogP contribution in [-0.4, -0.2) is 34.2 Å². The van der Waals surface area contributed by atoms with E-state index in [1.165, 1.54) is 6.92 Å². The molecule has 19 heavy (non-hydrogen) atoms. The van der Waals surface area contributed by atoms with Gasteiger partial charge in [-0.3, -0.25) is 9.59 Å². The fraction of sp³-hybridized carbons (Fsp3) is 0.857. The predicted octanol–water partition coefficient (Wildman–Crippen LogP) is 2.44. The van der Waals surface area contributed by atoms with Crippen molar-refractivity contribution < 1.29 is 19.2 Å². The van der Waals surface area contributed by atoms with Crippen molar-refractivity contribution >= 4 is 11.9 Å². The summed E-state index contributed by atoms with van der Waals surface area (Å²) in [7, 11) is 0. The van der Waals surface area contributed by atoms with E-state index in [-0.39, 0.29) is 29.1 Å². The van der Waals surface area contributed by atoms with Gasteiger partial charge in [0.2, 0.25) is 0 Å². The molecule has 5 heteroatoms. The molecular formula is C14H25NO4. The van der Waals surface area contributed by atoms with Crippen molar-refractivity contribution in [1.29, 1.82) is 0 Å². The van der Waals surface area contributed by atoms with Gasteiger partial charge in [-0.05, 0) is 27.7 Å². The molecule has 1 aliphatic heterocycles. The van der Waals surface area contributed by atoms with Crippen molar-refractivity contribution in [3.8, 4) is 0 Å². The molecule has 0 aliphatic carbocycles. The number of ether oxygens (including phenoxy) is 1. The second-order valence-corrected chi connectivity index (χ2v) is 6.38. The molecule has 0 radical (unpaired) electrons. The lowest BCUT2D eigenvalue weighted by Gasteiger charge is -2.52. The maximum Gasteiger partial charge on any atom is 0.322 e. The van der Waals surface area contributed by atoms with Gasteiger partial charge in [0, 0.05) is 26.2 Å². The first-order valence-electron chi connectivity index (χ1n) is 6.77. The highest BCUT2D eigenvalue weighted by Crippen LogP contribution is 2.39. The molecule has 0 unspecified atom stereocenters. The summed E-state index contributed by atoms with van der Waals surface area (Å²) < 4.78 is 5.46. The molecule has 0 aromatic rings. The normalized spacial score (nSPS) is 22.8. The van der Waals surface area contributed by atoms with Crippen molar-refractivity contribution in [3.63, 3.8) is 0 Å². The van der Waals surface area contributed by atoms with Crippen LogP contribution in [-0.2, 0) is 19.2 Å². The van der Waals surface area contributed by atoms with Gasteiger partial charge in [-0.1, -0.05) is 6.92 Å². The van der Waals surface area contributed by atoms with Crippen LogP contribution < -0.4 is 0 Å². The topological polar surface area (TPSA) is 55.8 Å². The Kier molecular flexibility index (Phi) is 4.61. The van der Waals surface area contributed by atoms with Gasteiger partial charge in [0.15, 0.2) is 0 Å². The number of nitrogens with zero attached hydrogens (tertiary/aromatic N) is 1. The Morgan fingerprint density at radius 3 is 2.00 bits per heavy atom. The minimum absolute atomic E-state index is 0.135. The predicted molar refractivity (Wildman–Crippen MR) is 71.2 cm³/mol. The average Bonchev–Trinajstić information content (AvgIpc) is 2.22. The van der Waals surface area contributed by atoms with Crippen LogP contribution in [0.4, 0.5) is 0 Å². The summed E-state index contributed by atoms with van der Waals surface area (Å²) in [6.45, 7) is 11.1. The van der Waals surface area contributed by atoms with E-state index >= 15 is 0 Å². The zero-order valence-corrected chi connectivity index (χ0v) is 12.8. The van der Waals surface area contributed by atoms with Gasteiger partial charge in [0.25, 0.3) is 0 Å². The van der Waals surface area contributed by atoms with Crippen LogP contribution in [0.1, 0.15) is 60.8 Å². The van der Waals surface area contributed by atoms with Gasteiger partial charge in [-0.2, -0.15) is 0 Å². The molecule has 0 amide bonds. The molecule has 0 atom stereocenters. The molecule has 0 bridgehead atoms. The third-order valence-electron chi connectivity index (χ3n) is 3.36. The van der Waals surface area contributed by atoms with Gasteiger partial charge in [-0.15, -0.1) is 5.06 Å². The van der Waals surface area contributed by atoms with Gasteiger partial charge < -0.3 is 9.57 Å². The molecule has 1 saturated heterocycles. The van der Waals surface area contributed by atoms with Crippen LogP contribution in [0.5, 0.6) is 0 Å². The summed E-state index contributed by atoms with van der Waals surface area (Å²) in [5.74, 6) is -0.511. The van der Waals surface area contributed by atoms with Crippen molar-refractivity contribution in [2.45, 2.75) is 78.0 Å². The van der Waals surface area contributed by atoms with Crippen molar-refractivity contribution in [3.05, 3.63) is 0 Å². The van der Waals surface area contributed by atoms with Crippen molar-refractivity contribution in [2.24, 2.45) is 0 Å². The molecule has 0 aromatic carbocycles. The summed E-state index contributed by atoms with van der Waals surface area (Å²) in [6, 6.07) is 0. The molecule has 1 rings (SSSR count). The maximum absolute atomic E-state index is 11.4. The lowest BCUT2D eigenvalue weighted by atomic mass is 9.80. The minimum Gasteiger partial charge on any atom is -0.462 e. The number of piperidine rings is 1.